The van der Waals surface area contributed by atoms with E-state index in [1.165, 1.54) is 0 Å². The highest BCUT2D eigenvalue weighted by molar-refractivity contribution is 6.34. The molecule has 2 heterocycles. The van der Waals surface area contributed by atoms with E-state index in [2.05, 4.69) is 15.6 Å². The number of aromatic amines is 1. The second-order valence-electron chi connectivity index (χ2n) is 6.56. The summed E-state index contributed by atoms with van der Waals surface area (Å²) in [6.45, 7) is 1.36. The number of halogens is 1. The molecule has 5 nitrogen and oxygen atoms in total. The Morgan fingerprint density at radius 2 is 1.96 bits per heavy atom. The van der Waals surface area contributed by atoms with Gasteiger partial charge in [0.2, 0.25) is 5.91 Å². The molecule has 3 N–H and O–H groups in total. The van der Waals surface area contributed by atoms with Crippen LogP contribution in [0, 0.1) is 0 Å². The van der Waals surface area contributed by atoms with Gasteiger partial charge in [-0.3, -0.25) is 9.59 Å². The molecule has 0 aliphatic carbocycles. The number of fused-ring (bicyclic) bond motifs is 1. The van der Waals surface area contributed by atoms with Crippen molar-refractivity contribution in [3.8, 4) is 0 Å². The molecule has 26 heavy (non-hydrogen) atoms. The van der Waals surface area contributed by atoms with Crippen molar-refractivity contribution in [2.45, 2.75) is 11.8 Å². The quantitative estimate of drug-likeness (QED) is 0.666. The summed E-state index contributed by atoms with van der Waals surface area (Å²) in [5.74, 6) is -0.0974. The number of nitrogens with one attached hydrogen (secondary N) is 3. The summed E-state index contributed by atoms with van der Waals surface area (Å²) in [6.07, 6.45) is 2.30. The maximum Gasteiger partial charge on any atom is 0.255 e. The van der Waals surface area contributed by atoms with E-state index in [1.54, 1.807) is 24.4 Å². The first kappa shape index (κ1) is 16.8. The number of H-pyrrole nitrogens is 1. The van der Waals surface area contributed by atoms with Crippen molar-refractivity contribution in [2.24, 2.45) is 0 Å². The lowest BCUT2D eigenvalue weighted by atomic mass is 9.78. The number of amides is 1. The zero-order chi connectivity index (χ0) is 18.1. The van der Waals surface area contributed by atoms with Crippen LogP contribution in [0.4, 0.5) is 5.69 Å². The molecule has 132 valence electrons. The Balaban J connectivity index is 1.72. The van der Waals surface area contributed by atoms with Gasteiger partial charge in [-0.25, -0.2) is 0 Å². The van der Waals surface area contributed by atoms with Crippen LogP contribution in [0.15, 0.2) is 59.5 Å². The van der Waals surface area contributed by atoms with E-state index in [0.717, 1.165) is 17.5 Å². The molecule has 0 bridgehead atoms. The van der Waals surface area contributed by atoms with Gasteiger partial charge in [-0.1, -0.05) is 41.9 Å². The monoisotopic (exact) mass is 367 g/mol. The average Bonchev–Trinajstić information content (AvgIpc) is 3.15. The molecule has 2 aromatic carbocycles. The van der Waals surface area contributed by atoms with Crippen molar-refractivity contribution in [1.82, 2.24) is 10.3 Å². The molecule has 4 rings (SSSR count). The number of aromatic nitrogens is 1. The van der Waals surface area contributed by atoms with Gasteiger partial charge in [0.25, 0.3) is 5.56 Å². The van der Waals surface area contributed by atoms with Crippen LogP contribution in [0.1, 0.15) is 12.0 Å². The minimum absolute atomic E-state index is 0.0974. The van der Waals surface area contributed by atoms with Gasteiger partial charge in [0.05, 0.1) is 16.1 Å². The summed E-state index contributed by atoms with van der Waals surface area (Å²) < 4.78 is 0. The van der Waals surface area contributed by atoms with E-state index in [0.29, 0.717) is 29.1 Å². The Labute approximate surface area is 155 Å². The molecular formula is C20H18ClN3O2. The lowest BCUT2D eigenvalue weighted by Gasteiger charge is -2.28. The van der Waals surface area contributed by atoms with Gasteiger partial charge in [-0.05, 0) is 42.1 Å². The molecule has 1 amide bonds. The third kappa shape index (κ3) is 2.79. The van der Waals surface area contributed by atoms with E-state index in [9.17, 15) is 9.59 Å². The molecule has 1 fully saturated rings. The predicted octanol–water partition coefficient (Wildman–Crippen LogP) is 3.05. The number of hydrogen-bond donors (Lipinski definition) is 3. The maximum atomic E-state index is 13.2. The smallest absolute Gasteiger partial charge is 0.255 e. The third-order valence-corrected chi connectivity index (χ3v) is 5.34. The maximum absolute atomic E-state index is 13.2. The second kappa shape index (κ2) is 6.59. The molecule has 1 aliphatic heterocycles. The Morgan fingerprint density at radius 3 is 2.69 bits per heavy atom. The van der Waals surface area contributed by atoms with Crippen LogP contribution in [0.3, 0.4) is 0 Å². The summed E-state index contributed by atoms with van der Waals surface area (Å²) in [5, 5.41) is 7.84. The predicted molar refractivity (Wildman–Crippen MR) is 104 cm³/mol. The number of anilines is 1. The lowest BCUT2D eigenvalue weighted by Crippen LogP contribution is -2.42. The van der Waals surface area contributed by atoms with Gasteiger partial charge >= 0.3 is 0 Å². The average molecular weight is 368 g/mol. The van der Waals surface area contributed by atoms with Crippen LogP contribution >= 0.6 is 11.6 Å². The van der Waals surface area contributed by atoms with Gasteiger partial charge in [-0.15, -0.1) is 0 Å². The zero-order valence-electron chi connectivity index (χ0n) is 14.0. The molecule has 0 radical (unpaired) electrons. The zero-order valence-corrected chi connectivity index (χ0v) is 14.8. The first-order valence-electron chi connectivity index (χ1n) is 8.49. The first-order valence-corrected chi connectivity index (χ1v) is 8.87. The van der Waals surface area contributed by atoms with Gasteiger partial charge in [-0.2, -0.15) is 0 Å². The fraction of sp³-hybridized carbons (Fsp3) is 0.200. The van der Waals surface area contributed by atoms with Crippen molar-refractivity contribution in [1.29, 1.82) is 0 Å². The molecular weight excluding hydrogens is 350 g/mol. The summed E-state index contributed by atoms with van der Waals surface area (Å²) in [5.41, 5.74) is 0.657. The van der Waals surface area contributed by atoms with Crippen LogP contribution in [0.5, 0.6) is 0 Å². The van der Waals surface area contributed by atoms with Crippen molar-refractivity contribution < 1.29 is 4.79 Å². The fourth-order valence-electron chi connectivity index (χ4n) is 3.57. The van der Waals surface area contributed by atoms with E-state index in [-0.39, 0.29) is 11.5 Å². The van der Waals surface area contributed by atoms with E-state index >= 15 is 0 Å². The molecule has 3 aromatic rings. The second-order valence-corrected chi connectivity index (χ2v) is 6.96. The standard InChI is InChI=1S/C20H18ClN3O2/c21-16-11-15-13(6-8-23-18(15)25)10-17(16)24-19(26)20(7-9-22-12-20)14-4-2-1-3-5-14/h1-6,8,10-11,22H,7,9,12H2,(H,23,25)(H,24,26). The minimum Gasteiger partial charge on any atom is -0.329 e. The molecule has 1 unspecified atom stereocenters. The number of carbonyl (C=O) groups is 1. The molecule has 1 saturated heterocycles. The third-order valence-electron chi connectivity index (χ3n) is 5.03. The van der Waals surface area contributed by atoms with Crippen molar-refractivity contribution >= 4 is 34.0 Å². The topological polar surface area (TPSA) is 74.0 Å². The van der Waals surface area contributed by atoms with Crippen molar-refractivity contribution in [3.05, 3.63) is 75.7 Å². The van der Waals surface area contributed by atoms with E-state index < -0.39 is 5.41 Å². The summed E-state index contributed by atoms with van der Waals surface area (Å²) in [4.78, 5) is 27.7. The molecule has 0 spiro atoms. The number of hydrogen-bond acceptors (Lipinski definition) is 3. The largest absolute Gasteiger partial charge is 0.329 e. The van der Waals surface area contributed by atoms with E-state index in [1.807, 2.05) is 30.3 Å². The summed E-state index contributed by atoms with van der Waals surface area (Å²) in [7, 11) is 0. The number of benzene rings is 2. The van der Waals surface area contributed by atoms with Gasteiger partial charge in [0.1, 0.15) is 0 Å². The van der Waals surface area contributed by atoms with Crippen LogP contribution in [-0.4, -0.2) is 24.0 Å². The SMILES string of the molecule is O=C(Nc1cc2cc[nH]c(=O)c2cc1Cl)C1(c2ccccc2)CCNC1. The highest BCUT2D eigenvalue weighted by atomic mass is 35.5. The molecule has 1 atom stereocenters. The van der Waals surface area contributed by atoms with Gasteiger partial charge < -0.3 is 15.6 Å². The van der Waals surface area contributed by atoms with Crippen molar-refractivity contribution in [2.75, 3.05) is 18.4 Å². The van der Waals surface area contributed by atoms with Crippen LogP contribution in [0.25, 0.3) is 10.8 Å². The van der Waals surface area contributed by atoms with Gasteiger partial charge in [0, 0.05) is 18.1 Å². The Kier molecular flexibility index (Phi) is 4.26. The Bertz CT molecular complexity index is 1020. The van der Waals surface area contributed by atoms with Crippen LogP contribution in [-0.2, 0) is 10.2 Å². The Hall–Kier alpha value is -2.63. The molecule has 1 aromatic heterocycles. The first-order chi connectivity index (χ1) is 12.6. The Morgan fingerprint density at radius 1 is 1.15 bits per heavy atom. The summed E-state index contributed by atoms with van der Waals surface area (Å²) >= 11 is 6.33. The highest BCUT2D eigenvalue weighted by Gasteiger charge is 2.42. The normalized spacial score (nSPS) is 19.6. The lowest BCUT2D eigenvalue weighted by molar-refractivity contribution is -0.121. The molecule has 1 aliphatic rings. The highest BCUT2D eigenvalue weighted by Crippen LogP contribution is 2.34. The molecule has 6 heteroatoms. The van der Waals surface area contributed by atoms with Crippen LogP contribution in [0.2, 0.25) is 5.02 Å². The fourth-order valence-corrected chi connectivity index (χ4v) is 3.78. The van der Waals surface area contributed by atoms with Gasteiger partial charge in [0.15, 0.2) is 0 Å². The van der Waals surface area contributed by atoms with Crippen molar-refractivity contribution in [3.63, 3.8) is 0 Å². The minimum atomic E-state index is -0.631. The van der Waals surface area contributed by atoms with Crippen LogP contribution < -0.4 is 16.2 Å². The molecule has 0 saturated carbocycles. The summed E-state index contributed by atoms with van der Waals surface area (Å²) in [6, 6.07) is 14.9. The number of pyridine rings is 1. The van der Waals surface area contributed by atoms with E-state index in [4.69, 9.17) is 11.6 Å². The number of carbonyl (C=O) groups excluding carboxylic acids is 1. The number of rotatable bonds is 3.